The highest BCUT2D eigenvalue weighted by molar-refractivity contribution is 7.09. The van der Waals surface area contributed by atoms with Gasteiger partial charge in [-0.25, -0.2) is 4.98 Å². The van der Waals surface area contributed by atoms with Gasteiger partial charge in [0.25, 0.3) is 0 Å². The Hall–Kier alpha value is -2.40. The molecule has 1 amide bonds. The molecule has 0 atom stereocenters. The van der Waals surface area contributed by atoms with Crippen LogP contribution in [0, 0.1) is 0 Å². The van der Waals surface area contributed by atoms with E-state index >= 15 is 0 Å². The number of aromatic nitrogens is 1. The molecule has 2 aromatic carbocycles. The molecule has 134 valence electrons. The molecule has 0 spiro atoms. The van der Waals surface area contributed by atoms with E-state index in [1.54, 1.807) is 11.3 Å². The van der Waals surface area contributed by atoms with Crippen molar-refractivity contribution in [3.8, 4) is 5.75 Å². The van der Waals surface area contributed by atoms with Crippen LogP contribution in [0.15, 0.2) is 47.8 Å². The molecule has 0 radical (unpaired) electrons. The quantitative estimate of drug-likeness (QED) is 0.604. The van der Waals surface area contributed by atoms with Gasteiger partial charge in [-0.2, -0.15) is 0 Å². The van der Waals surface area contributed by atoms with Gasteiger partial charge in [-0.05, 0) is 24.3 Å². The number of amides is 1. The van der Waals surface area contributed by atoms with Crippen LogP contribution >= 0.6 is 11.3 Å². The molecule has 5 heteroatoms. The summed E-state index contributed by atoms with van der Waals surface area (Å²) in [5.41, 5.74) is 0.959. The van der Waals surface area contributed by atoms with E-state index in [0.717, 1.165) is 34.7 Å². The average molecular weight is 366 g/mol. The molecule has 3 aromatic rings. The highest BCUT2D eigenvalue weighted by Gasteiger charge is 2.32. The third-order valence-corrected chi connectivity index (χ3v) is 5.51. The van der Waals surface area contributed by atoms with Crippen LogP contribution < -0.4 is 4.74 Å². The summed E-state index contributed by atoms with van der Waals surface area (Å²) in [4.78, 5) is 18.8. The summed E-state index contributed by atoms with van der Waals surface area (Å²) in [7, 11) is 0. The maximum Gasteiger partial charge on any atom is 0.222 e. The second-order valence-corrected chi connectivity index (χ2v) is 7.55. The Kier molecular flexibility index (Phi) is 4.89. The minimum absolute atomic E-state index is 0.217. The SMILES string of the molecule is CCC(=O)N(Cc1csc(COc2cccc3ccccc23)n1)C1CC1. The van der Waals surface area contributed by atoms with Crippen LogP contribution in [0.25, 0.3) is 10.8 Å². The number of thiazole rings is 1. The number of fused-ring (bicyclic) bond motifs is 1. The Labute approximate surface area is 157 Å². The second kappa shape index (κ2) is 7.46. The zero-order chi connectivity index (χ0) is 17.9. The molecule has 1 fully saturated rings. The molecule has 0 saturated heterocycles. The summed E-state index contributed by atoms with van der Waals surface area (Å²) < 4.78 is 6.02. The second-order valence-electron chi connectivity index (χ2n) is 6.60. The van der Waals surface area contributed by atoms with Gasteiger partial charge in [0.15, 0.2) is 0 Å². The molecule has 1 aromatic heterocycles. The molecule has 1 heterocycles. The van der Waals surface area contributed by atoms with E-state index in [1.165, 1.54) is 5.39 Å². The summed E-state index contributed by atoms with van der Waals surface area (Å²) in [6.07, 6.45) is 2.79. The van der Waals surface area contributed by atoms with Crippen molar-refractivity contribution < 1.29 is 9.53 Å². The largest absolute Gasteiger partial charge is 0.486 e. The molecule has 0 unspecified atom stereocenters. The summed E-state index contributed by atoms with van der Waals surface area (Å²) in [5, 5.41) is 5.26. The van der Waals surface area contributed by atoms with E-state index in [0.29, 0.717) is 25.6 Å². The van der Waals surface area contributed by atoms with Crippen LogP contribution in [0.4, 0.5) is 0 Å². The van der Waals surface area contributed by atoms with E-state index < -0.39 is 0 Å². The molecule has 1 aliphatic rings. The highest BCUT2D eigenvalue weighted by atomic mass is 32.1. The minimum atomic E-state index is 0.217. The molecular formula is C21H22N2O2S. The van der Waals surface area contributed by atoms with Crippen molar-refractivity contribution in [1.82, 2.24) is 9.88 Å². The molecular weight excluding hydrogens is 344 g/mol. The molecule has 26 heavy (non-hydrogen) atoms. The van der Waals surface area contributed by atoms with Gasteiger partial charge in [-0.15, -0.1) is 11.3 Å². The fourth-order valence-corrected chi connectivity index (χ4v) is 3.83. The fraction of sp³-hybridized carbons (Fsp3) is 0.333. The van der Waals surface area contributed by atoms with Gasteiger partial charge in [0, 0.05) is 23.2 Å². The third kappa shape index (κ3) is 3.73. The Morgan fingerprint density at radius 3 is 2.85 bits per heavy atom. The smallest absolute Gasteiger partial charge is 0.222 e. The topological polar surface area (TPSA) is 42.4 Å². The van der Waals surface area contributed by atoms with Crippen molar-refractivity contribution in [1.29, 1.82) is 0 Å². The fourth-order valence-electron chi connectivity index (χ4n) is 3.13. The van der Waals surface area contributed by atoms with Gasteiger partial charge in [-0.1, -0.05) is 43.3 Å². The van der Waals surface area contributed by atoms with Crippen LogP contribution in [-0.4, -0.2) is 21.8 Å². The predicted octanol–water partition coefficient (Wildman–Crippen LogP) is 4.78. The van der Waals surface area contributed by atoms with E-state index in [-0.39, 0.29) is 5.91 Å². The van der Waals surface area contributed by atoms with Crippen LogP contribution in [0.2, 0.25) is 0 Å². The third-order valence-electron chi connectivity index (χ3n) is 4.64. The predicted molar refractivity (Wildman–Crippen MR) is 104 cm³/mol. The summed E-state index contributed by atoms with van der Waals surface area (Å²) in [6.45, 7) is 2.98. The highest BCUT2D eigenvalue weighted by Crippen LogP contribution is 2.30. The number of carbonyl (C=O) groups excluding carboxylic acids is 1. The summed E-state index contributed by atoms with van der Waals surface area (Å²) >= 11 is 1.59. The first-order chi connectivity index (χ1) is 12.7. The Bertz CT molecular complexity index is 912. The molecule has 4 rings (SSSR count). The number of benzene rings is 2. The first-order valence-corrected chi connectivity index (χ1v) is 9.96. The van der Waals surface area contributed by atoms with Crippen LogP contribution in [0.3, 0.4) is 0 Å². The van der Waals surface area contributed by atoms with Crippen LogP contribution in [0.1, 0.15) is 36.9 Å². The zero-order valence-electron chi connectivity index (χ0n) is 14.9. The normalized spacial score (nSPS) is 13.7. The van der Waals surface area contributed by atoms with E-state index in [4.69, 9.17) is 4.74 Å². The van der Waals surface area contributed by atoms with Crippen molar-refractivity contribution >= 4 is 28.0 Å². The molecule has 0 aliphatic heterocycles. The van der Waals surface area contributed by atoms with Gasteiger partial charge < -0.3 is 9.64 Å². The van der Waals surface area contributed by atoms with Gasteiger partial charge in [-0.3, -0.25) is 4.79 Å². The van der Waals surface area contributed by atoms with E-state index in [9.17, 15) is 4.79 Å². The number of nitrogens with zero attached hydrogens (tertiary/aromatic N) is 2. The standard InChI is InChI=1S/C21H22N2O2S/c1-2-21(24)23(17-10-11-17)12-16-14-26-20(22-16)13-25-19-9-5-7-15-6-3-4-8-18(15)19/h3-9,14,17H,2,10-13H2,1H3. The number of hydrogen-bond acceptors (Lipinski definition) is 4. The van der Waals surface area contributed by atoms with Crippen molar-refractivity contribution in [2.24, 2.45) is 0 Å². The Morgan fingerprint density at radius 2 is 2.04 bits per heavy atom. The molecule has 4 nitrogen and oxygen atoms in total. The zero-order valence-corrected chi connectivity index (χ0v) is 15.7. The van der Waals surface area contributed by atoms with Gasteiger partial charge in [0.05, 0.1) is 12.2 Å². The van der Waals surface area contributed by atoms with Gasteiger partial charge in [0.2, 0.25) is 5.91 Å². The van der Waals surface area contributed by atoms with Crippen molar-refractivity contribution in [2.45, 2.75) is 45.4 Å². The number of rotatable bonds is 7. The summed E-state index contributed by atoms with van der Waals surface area (Å²) in [5.74, 6) is 1.09. The maximum atomic E-state index is 12.1. The number of carbonyl (C=O) groups is 1. The first kappa shape index (κ1) is 17.0. The van der Waals surface area contributed by atoms with Gasteiger partial charge in [0.1, 0.15) is 17.4 Å². The molecule has 1 aliphatic carbocycles. The average Bonchev–Trinajstić information content (AvgIpc) is 3.43. The monoisotopic (exact) mass is 366 g/mol. The van der Waals surface area contributed by atoms with Crippen LogP contribution in [-0.2, 0) is 17.9 Å². The lowest BCUT2D eigenvalue weighted by molar-refractivity contribution is -0.132. The molecule has 0 N–H and O–H groups in total. The lowest BCUT2D eigenvalue weighted by Gasteiger charge is -2.20. The van der Waals surface area contributed by atoms with Crippen molar-refractivity contribution in [3.05, 3.63) is 58.5 Å². The lowest BCUT2D eigenvalue weighted by Crippen LogP contribution is -2.32. The maximum absolute atomic E-state index is 12.1. The van der Waals surface area contributed by atoms with Crippen LogP contribution in [0.5, 0.6) is 5.75 Å². The van der Waals surface area contributed by atoms with E-state index in [1.807, 2.05) is 41.5 Å². The number of hydrogen-bond donors (Lipinski definition) is 0. The Morgan fingerprint density at radius 1 is 1.23 bits per heavy atom. The molecule has 0 bridgehead atoms. The Balaban J connectivity index is 1.42. The van der Waals surface area contributed by atoms with Crippen molar-refractivity contribution in [2.75, 3.05) is 0 Å². The molecule has 1 saturated carbocycles. The van der Waals surface area contributed by atoms with Crippen molar-refractivity contribution in [3.63, 3.8) is 0 Å². The first-order valence-electron chi connectivity index (χ1n) is 9.08. The van der Waals surface area contributed by atoms with Gasteiger partial charge >= 0.3 is 0 Å². The van der Waals surface area contributed by atoms with E-state index in [2.05, 4.69) is 23.2 Å². The minimum Gasteiger partial charge on any atom is -0.486 e. The lowest BCUT2D eigenvalue weighted by atomic mass is 10.1. The summed E-state index contributed by atoms with van der Waals surface area (Å²) in [6, 6.07) is 14.7. The number of ether oxygens (including phenoxy) is 1.